The summed E-state index contributed by atoms with van der Waals surface area (Å²) in [5.41, 5.74) is 8.19. The summed E-state index contributed by atoms with van der Waals surface area (Å²) in [6.07, 6.45) is 0.762. The van der Waals surface area contributed by atoms with E-state index in [-0.39, 0.29) is 6.04 Å². The number of aromatic nitrogens is 4. The Kier molecular flexibility index (Phi) is 3.14. The van der Waals surface area contributed by atoms with Crippen LogP contribution in [0.3, 0.4) is 0 Å². The summed E-state index contributed by atoms with van der Waals surface area (Å²) in [5, 5.41) is 12.0. The first-order valence-electron chi connectivity index (χ1n) is 5.54. The number of nitrogens with zero attached hydrogens (tertiary/aromatic N) is 4. The summed E-state index contributed by atoms with van der Waals surface area (Å²) in [6, 6.07) is 1.65. The van der Waals surface area contributed by atoms with E-state index in [1.165, 1.54) is 0 Å². The average Bonchev–Trinajstić information content (AvgIpc) is 2.78. The lowest BCUT2D eigenvalue weighted by atomic mass is 10.1. The Morgan fingerprint density at radius 3 is 2.76 bits per heavy atom. The van der Waals surface area contributed by atoms with Crippen molar-refractivity contribution in [3.05, 3.63) is 23.3 Å². The SMILES string of the molecule is CCc1nnc(C)cc1-c1nc(C(C)N)no1. The minimum absolute atomic E-state index is 0.242. The second-order valence-corrected chi connectivity index (χ2v) is 3.95. The Morgan fingerprint density at radius 2 is 2.18 bits per heavy atom. The van der Waals surface area contributed by atoms with Gasteiger partial charge < -0.3 is 10.3 Å². The number of rotatable bonds is 3. The summed E-state index contributed by atoms with van der Waals surface area (Å²) < 4.78 is 5.20. The highest BCUT2D eigenvalue weighted by Crippen LogP contribution is 2.22. The van der Waals surface area contributed by atoms with E-state index in [1.807, 2.05) is 26.8 Å². The summed E-state index contributed by atoms with van der Waals surface area (Å²) in [6.45, 7) is 5.69. The van der Waals surface area contributed by atoms with Crippen LogP contribution >= 0.6 is 0 Å². The Hall–Kier alpha value is -1.82. The van der Waals surface area contributed by atoms with Crippen molar-refractivity contribution in [2.75, 3.05) is 0 Å². The minimum Gasteiger partial charge on any atom is -0.334 e. The molecule has 2 aromatic rings. The summed E-state index contributed by atoms with van der Waals surface area (Å²) in [4.78, 5) is 4.26. The highest BCUT2D eigenvalue weighted by Gasteiger charge is 2.15. The van der Waals surface area contributed by atoms with Crippen LogP contribution in [0.5, 0.6) is 0 Å². The molecule has 2 rings (SSSR count). The Morgan fingerprint density at radius 1 is 1.41 bits per heavy atom. The average molecular weight is 233 g/mol. The molecule has 1 unspecified atom stereocenters. The van der Waals surface area contributed by atoms with Gasteiger partial charge in [0.25, 0.3) is 5.89 Å². The lowest BCUT2D eigenvalue weighted by molar-refractivity contribution is 0.417. The highest BCUT2D eigenvalue weighted by atomic mass is 16.5. The van der Waals surface area contributed by atoms with E-state index >= 15 is 0 Å². The predicted octanol–water partition coefficient (Wildman–Crippen LogP) is 1.42. The maximum atomic E-state index is 5.69. The molecule has 0 spiro atoms. The topological polar surface area (TPSA) is 90.7 Å². The van der Waals surface area contributed by atoms with Crippen molar-refractivity contribution in [3.63, 3.8) is 0 Å². The van der Waals surface area contributed by atoms with Gasteiger partial charge >= 0.3 is 0 Å². The summed E-state index contributed by atoms with van der Waals surface area (Å²) in [7, 11) is 0. The summed E-state index contributed by atoms with van der Waals surface area (Å²) in [5.74, 6) is 0.948. The van der Waals surface area contributed by atoms with Crippen molar-refractivity contribution in [3.8, 4) is 11.5 Å². The fourth-order valence-electron chi connectivity index (χ4n) is 1.49. The van der Waals surface area contributed by atoms with Crippen LogP contribution in [0.25, 0.3) is 11.5 Å². The third-order valence-corrected chi connectivity index (χ3v) is 2.41. The van der Waals surface area contributed by atoms with Crippen molar-refractivity contribution < 1.29 is 4.52 Å². The van der Waals surface area contributed by atoms with E-state index < -0.39 is 0 Å². The van der Waals surface area contributed by atoms with E-state index in [4.69, 9.17) is 10.3 Å². The van der Waals surface area contributed by atoms with E-state index in [2.05, 4.69) is 20.3 Å². The molecule has 0 aliphatic carbocycles. The van der Waals surface area contributed by atoms with Gasteiger partial charge in [-0.3, -0.25) is 0 Å². The van der Waals surface area contributed by atoms with E-state index in [1.54, 1.807) is 0 Å². The van der Waals surface area contributed by atoms with E-state index in [9.17, 15) is 0 Å². The molecule has 6 heteroatoms. The maximum Gasteiger partial charge on any atom is 0.259 e. The van der Waals surface area contributed by atoms with Crippen molar-refractivity contribution >= 4 is 0 Å². The molecule has 0 saturated carbocycles. The minimum atomic E-state index is -0.242. The Bertz CT molecular complexity index is 520. The second-order valence-electron chi connectivity index (χ2n) is 3.95. The molecule has 0 saturated heterocycles. The smallest absolute Gasteiger partial charge is 0.259 e. The first kappa shape index (κ1) is 11.7. The van der Waals surface area contributed by atoms with Gasteiger partial charge in [0, 0.05) is 0 Å². The zero-order valence-corrected chi connectivity index (χ0v) is 10.1. The van der Waals surface area contributed by atoms with Gasteiger partial charge in [-0.2, -0.15) is 15.2 Å². The first-order valence-corrected chi connectivity index (χ1v) is 5.54. The summed E-state index contributed by atoms with van der Waals surface area (Å²) >= 11 is 0. The predicted molar refractivity (Wildman–Crippen MR) is 62.0 cm³/mol. The fraction of sp³-hybridized carbons (Fsp3) is 0.455. The lowest BCUT2D eigenvalue weighted by Gasteiger charge is -2.01. The van der Waals surface area contributed by atoms with Crippen molar-refractivity contribution in [2.45, 2.75) is 33.2 Å². The van der Waals surface area contributed by atoms with Gasteiger partial charge in [0.15, 0.2) is 5.82 Å². The van der Waals surface area contributed by atoms with Gasteiger partial charge in [0.2, 0.25) is 0 Å². The molecule has 0 fully saturated rings. The highest BCUT2D eigenvalue weighted by molar-refractivity contribution is 5.56. The molecular weight excluding hydrogens is 218 g/mol. The number of hydrogen-bond donors (Lipinski definition) is 1. The van der Waals surface area contributed by atoms with Crippen LogP contribution in [0.2, 0.25) is 0 Å². The van der Waals surface area contributed by atoms with Crippen LogP contribution in [0, 0.1) is 6.92 Å². The third kappa shape index (κ3) is 2.31. The molecule has 0 aliphatic rings. The van der Waals surface area contributed by atoms with Gasteiger partial charge in [-0.05, 0) is 26.3 Å². The monoisotopic (exact) mass is 233 g/mol. The van der Waals surface area contributed by atoms with Gasteiger partial charge in [0.1, 0.15) is 0 Å². The van der Waals surface area contributed by atoms with E-state index in [0.29, 0.717) is 11.7 Å². The van der Waals surface area contributed by atoms with Crippen LogP contribution in [0.4, 0.5) is 0 Å². The normalized spacial score (nSPS) is 12.7. The van der Waals surface area contributed by atoms with Crippen LogP contribution in [0.15, 0.2) is 10.6 Å². The molecule has 0 aromatic carbocycles. The van der Waals surface area contributed by atoms with Crippen LogP contribution in [0.1, 0.15) is 37.1 Å². The van der Waals surface area contributed by atoms with Gasteiger partial charge in [-0.25, -0.2) is 0 Å². The second kappa shape index (κ2) is 4.58. The van der Waals surface area contributed by atoms with Crippen molar-refractivity contribution in [2.24, 2.45) is 5.73 Å². The number of nitrogens with two attached hydrogens (primary N) is 1. The molecule has 0 bridgehead atoms. The van der Waals surface area contributed by atoms with Crippen molar-refractivity contribution in [1.82, 2.24) is 20.3 Å². The van der Waals surface area contributed by atoms with Crippen LogP contribution < -0.4 is 5.73 Å². The number of aryl methyl sites for hydroxylation is 2. The fourth-order valence-corrected chi connectivity index (χ4v) is 1.49. The molecular formula is C11H15N5O. The van der Waals surface area contributed by atoms with Crippen molar-refractivity contribution in [1.29, 1.82) is 0 Å². The molecule has 6 nitrogen and oxygen atoms in total. The Labute approximate surface area is 99.2 Å². The Balaban J connectivity index is 2.47. The molecule has 0 aliphatic heterocycles. The lowest BCUT2D eigenvalue weighted by Crippen LogP contribution is -2.06. The molecule has 2 aromatic heterocycles. The zero-order chi connectivity index (χ0) is 12.4. The van der Waals surface area contributed by atoms with E-state index in [0.717, 1.165) is 23.4 Å². The maximum absolute atomic E-state index is 5.69. The molecule has 90 valence electrons. The van der Waals surface area contributed by atoms with Crippen LogP contribution in [-0.4, -0.2) is 20.3 Å². The zero-order valence-electron chi connectivity index (χ0n) is 10.1. The molecule has 0 amide bonds. The third-order valence-electron chi connectivity index (χ3n) is 2.41. The molecule has 2 N–H and O–H groups in total. The first-order chi connectivity index (χ1) is 8.11. The van der Waals surface area contributed by atoms with Crippen LogP contribution in [-0.2, 0) is 6.42 Å². The van der Waals surface area contributed by atoms with Gasteiger partial charge in [-0.15, -0.1) is 0 Å². The number of hydrogen-bond acceptors (Lipinski definition) is 6. The molecule has 1 atom stereocenters. The van der Waals surface area contributed by atoms with Gasteiger partial charge in [0.05, 0.1) is 23.0 Å². The molecule has 0 radical (unpaired) electrons. The molecule has 2 heterocycles. The standard InChI is InChI=1S/C11H15N5O/c1-4-9-8(5-6(2)14-15-9)11-13-10(7(3)12)16-17-11/h5,7H,4,12H2,1-3H3. The molecule has 17 heavy (non-hydrogen) atoms. The largest absolute Gasteiger partial charge is 0.334 e. The van der Waals surface area contributed by atoms with Gasteiger partial charge in [-0.1, -0.05) is 12.1 Å². The quantitative estimate of drug-likeness (QED) is 0.862.